The summed E-state index contributed by atoms with van der Waals surface area (Å²) < 4.78 is -1.93. The molecule has 5 heteroatoms. The van der Waals surface area contributed by atoms with Crippen molar-refractivity contribution < 1.29 is 4.79 Å². The zero-order valence-corrected chi connectivity index (χ0v) is 13.8. The molecule has 0 bridgehead atoms. The molecule has 19 heavy (non-hydrogen) atoms. The van der Waals surface area contributed by atoms with Crippen LogP contribution in [0.4, 0.5) is 0 Å². The van der Waals surface area contributed by atoms with Crippen molar-refractivity contribution in [3.05, 3.63) is 35.4 Å². The number of rotatable bonds is 2. The highest BCUT2D eigenvalue weighted by Crippen LogP contribution is 2.32. The maximum Gasteiger partial charge on any atom is 0.275 e. The van der Waals surface area contributed by atoms with Gasteiger partial charge in [0.15, 0.2) is 0 Å². The lowest BCUT2D eigenvalue weighted by Crippen LogP contribution is -2.49. The molecule has 1 amide bonds. The number of carbonyl (C=O) groups is 1. The lowest BCUT2D eigenvalue weighted by molar-refractivity contribution is -0.135. The predicted octanol–water partition coefficient (Wildman–Crippen LogP) is 4.49. The molecule has 106 valence electrons. The van der Waals surface area contributed by atoms with Crippen LogP contribution >= 0.6 is 34.8 Å². The Labute approximate surface area is 129 Å². The highest BCUT2D eigenvalue weighted by molar-refractivity contribution is 6.76. The van der Waals surface area contributed by atoms with Gasteiger partial charge in [0.2, 0.25) is 0 Å². The summed E-state index contributed by atoms with van der Waals surface area (Å²) in [6.07, 6.45) is 0. The van der Waals surface area contributed by atoms with Gasteiger partial charge in [-0.25, -0.2) is 0 Å². The fraction of sp³-hybridized carbons (Fsp3) is 0.500. The Morgan fingerprint density at radius 2 is 1.79 bits per heavy atom. The molecule has 0 radical (unpaired) electrons. The Morgan fingerprint density at radius 1 is 1.21 bits per heavy atom. The highest BCUT2D eigenvalue weighted by Gasteiger charge is 2.39. The molecule has 0 aliphatic heterocycles. The van der Waals surface area contributed by atoms with Crippen LogP contribution in [-0.4, -0.2) is 20.1 Å². The second kappa shape index (κ2) is 5.90. The molecule has 1 aromatic carbocycles. The van der Waals surface area contributed by atoms with E-state index in [4.69, 9.17) is 34.8 Å². The maximum atomic E-state index is 12.2. The van der Waals surface area contributed by atoms with Gasteiger partial charge in [-0.05, 0) is 33.3 Å². The molecular formula is C14H18Cl3NO. The van der Waals surface area contributed by atoms with Crippen LogP contribution < -0.4 is 0 Å². The SMILES string of the molecule is Cc1cccc(CN(C(=O)C(Cl)(Cl)Cl)C(C)(C)C)c1. The molecular weight excluding hydrogens is 305 g/mol. The van der Waals surface area contributed by atoms with Crippen molar-refractivity contribution in [1.82, 2.24) is 4.90 Å². The third-order valence-corrected chi connectivity index (χ3v) is 3.21. The van der Waals surface area contributed by atoms with E-state index < -0.39 is 15.2 Å². The number of nitrogens with zero attached hydrogens (tertiary/aromatic N) is 1. The van der Waals surface area contributed by atoms with Crippen LogP contribution in [0.15, 0.2) is 24.3 Å². The Bertz CT molecular complexity index is 460. The molecule has 0 unspecified atom stereocenters. The molecule has 1 aromatic rings. The molecule has 0 aromatic heterocycles. The van der Waals surface area contributed by atoms with E-state index in [1.807, 2.05) is 52.0 Å². The van der Waals surface area contributed by atoms with Crippen molar-refractivity contribution in [2.24, 2.45) is 0 Å². The van der Waals surface area contributed by atoms with Crippen molar-refractivity contribution in [1.29, 1.82) is 0 Å². The summed E-state index contributed by atoms with van der Waals surface area (Å²) in [5, 5.41) is 0. The van der Waals surface area contributed by atoms with Gasteiger partial charge in [-0.1, -0.05) is 64.6 Å². The van der Waals surface area contributed by atoms with E-state index in [0.717, 1.165) is 11.1 Å². The van der Waals surface area contributed by atoms with Gasteiger partial charge in [-0.3, -0.25) is 4.79 Å². The molecule has 0 N–H and O–H groups in total. The minimum Gasteiger partial charge on any atom is -0.330 e. The molecule has 0 aliphatic carbocycles. The third kappa shape index (κ3) is 4.87. The Morgan fingerprint density at radius 3 is 2.21 bits per heavy atom. The Balaban J connectivity index is 3.04. The highest BCUT2D eigenvalue weighted by atomic mass is 35.6. The molecule has 0 atom stereocenters. The normalized spacial score (nSPS) is 12.4. The van der Waals surface area contributed by atoms with Crippen LogP contribution in [0.5, 0.6) is 0 Å². The van der Waals surface area contributed by atoms with Crippen LogP contribution in [0.1, 0.15) is 31.9 Å². The molecule has 0 saturated heterocycles. The summed E-state index contributed by atoms with van der Waals surface area (Å²) in [5.74, 6) is -0.508. The number of benzene rings is 1. The van der Waals surface area contributed by atoms with Gasteiger partial charge < -0.3 is 4.90 Å². The smallest absolute Gasteiger partial charge is 0.275 e. The zero-order valence-electron chi connectivity index (χ0n) is 11.5. The zero-order chi connectivity index (χ0) is 14.8. The fourth-order valence-corrected chi connectivity index (χ4v) is 2.07. The number of alkyl halides is 3. The van der Waals surface area contributed by atoms with E-state index in [2.05, 4.69) is 0 Å². The van der Waals surface area contributed by atoms with Crippen LogP contribution in [-0.2, 0) is 11.3 Å². The molecule has 0 aliphatic rings. The van der Waals surface area contributed by atoms with E-state index in [1.165, 1.54) is 0 Å². The number of aryl methyl sites for hydroxylation is 1. The minimum atomic E-state index is -1.93. The minimum absolute atomic E-state index is 0.415. The number of carbonyl (C=O) groups excluding carboxylic acids is 1. The van der Waals surface area contributed by atoms with Gasteiger partial charge in [-0.2, -0.15) is 0 Å². The van der Waals surface area contributed by atoms with E-state index in [0.29, 0.717) is 6.54 Å². The average molecular weight is 323 g/mol. The summed E-state index contributed by atoms with van der Waals surface area (Å²) in [6, 6.07) is 7.93. The van der Waals surface area contributed by atoms with Crippen molar-refractivity contribution in [3.8, 4) is 0 Å². The lowest BCUT2D eigenvalue weighted by Gasteiger charge is -2.37. The number of amides is 1. The van der Waals surface area contributed by atoms with Crippen LogP contribution in [0.25, 0.3) is 0 Å². The van der Waals surface area contributed by atoms with Gasteiger partial charge in [0, 0.05) is 12.1 Å². The lowest BCUT2D eigenvalue weighted by atomic mass is 10.0. The molecule has 0 fully saturated rings. The van der Waals surface area contributed by atoms with E-state index in [1.54, 1.807) is 4.90 Å². The molecule has 0 heterocycles. The molecule has 2 nitrogen and oxygen atoms in total. The third-order valence-electron chi connectivity index (χ3n) is 2.72. The van der Waals surface area contributed by atoms with Crippen molar-refractivity contribution >= 4 is 40.7 Å². The first-order valence-electron chi connectivity index (χ1n) is 5.96. The maximum absolute atomic E-state index is 12.2. The van der Waals surface area contributed by atoms with Crippen LogP contribution in [0.3, 0.4) is 0 Å². The van der Waals surface area contributed by atoms with Crippen molar-refractivity contribution in [2.45, 2.75) is 43.6 Å². The fourth-order valence-electron chi connectivity index (χ4n) is 1.76. The van der Waals surface area contributed by atoms with Crippen molar-refractivity contribution in [2.75, 3.05) is 0 Å². The summed E-state index contributed by atoms with van der Waals surface area (Å²) in [7, 11) is 0. The van der Waals surface area contributed by atoms with E-state index in [-0.39, 0.29) is 0 Å². The number of hydrogen-bond donors (Lipinski definition) is 0. The Kier molecular flexibility index (Phi) is 5.16. The first-order valence-corrected chi connectivity index (χ1v) is 7.09. The summed E-state index contributed by atoms with van der Waals surface area (Å²) in [6.45, 7) is 8.16. The first-order chi connectivity index (χ1) is 8.51. The molecule has 0 saturated carbocycles. The van der Waals surface area contributed by atoms with E-state index >= 15 is 0 Å². The van der Waals surface area contributed by atoms with Gasteiger partial charge in [0.1, 0.15) is 0 Å². The second-order valence-corrected chi connectivity index (χ2v) is 7.83. The van der Waals surface area contributed by atoms with E-state index in [9.17, 15) is 4.79 Å². The second-order valence-electron chi connectivity index (χ2n) is 5.55. The molecule has 1 rings (SSSR count). The largest absolute Gasteiger partial charge is 0.330 e. The summed E-state index contributed by atoms with van der Waals surface area (Å²) >= 11 is 17.2. The van der Waals surface area contributed by atoms with Crippen molar-refractivity contribution in [3.63, 3.8) is 0 Å². The summed E-state index contributed by atoms with van der Waals surface area (Å²) in [4.78, 5) is 13.8. The standard InChI is InChI=1S/C14H18Cl3NO/c1-10-6-5-7-11(8-10)9-18(13(2,3)4)12(19)14(15,16)17/h5-8H,9H2,1-4H3. The van der Waals surface area contributed by atoms with Crippen LogP contribution in [0, 0.1) is 6.92 Å². The quantitative estimate of drug-likeness (QED) is 0.735. The first kappa shape index (κ1) is 16.6. The molecule has 0 spiro atoms. The van der Waals surface area contributed by atoms with Gasteiger partial charge in [0.05, 0.1) is 0 Å². The Hall–Kier alpha value is -0.440. The number of hydrogen-bond acceptors (Lipinski definition) is 1. The monoisotopic (exact) mass is 321 g/mol. The number of halogens is 3. The summed E-state index contributed by atoms with van der Waals surface area (Å²) in [5.41, 5.74) is 1.72. The van der Waals surface area contributed by atoms with Crippen LogP contribution in [0.2, 0.25) is 0 Å². The van der Waals surface area contributed by atoms with Gasteiger partial charge >= 0.3 is 0 Å². The van der Waals surface area contributed by atoms with Gasteiger partial charge in [0.25, 0.3) is 9.70 Å². The average Bonchev–Trinajstić information content (AvgIpc) is 2.22. The topological polar surface area (TPSA) is 20.3 Å². The van der Waals surface area contributed by atoms with Gasteiger partial charge in [-0.15, -0.1) is 0 Å². The predicted molar refractivity (Wildman–Crippen MR) is 81.8 cm³/mol.